The Kier molecular flexibility index (Phi) is 6.59. The molecular weight excluding hydrogens is 487 g/mol. The Morgan fingerprint density at radius 1 is 0.912 bits per heavy atom. The lowest BCUT2D eigenvalue weighted by Gasteiger charge is -2.12. The first kappa shape index (κ1) is 22.5. The molecule has 1 fully saturated rings. The van der Waals surface area contributed by atoms with Crippen LogP contribution >= 0.6 is 35.0 Å². The van der Waals surface area contributed by atoms with Gasteiger partial charge >= 0.3 is 0 Å². The molecule has 1 heterocycles. The van der Waals surface area contributed by atoms with E-state index in [1.54, 1.807) is 18.2 Å². The normalized spacial score (nSPS) is 15.8. The Bertz CT molecular complexity index is 1420. The van der Waals surface area contributed by atoms with Crippen LogP contribution in [0.2, 0.25) is 10.0 Å². The van der Waals surface area contributed by atoms with Gasteiger partial charge in [-0.2, -0.15) is 0 Å². The van der Waals surface area contributed by atoms with Gasteiger partial charge in [0.05, 0.1) is 20.6 Å². The van der Waals surface area contributed by atoms with Crippen LogP contribution in [0.25, 0.3) is 16.8 Å². The Hall–Kier alpha value is -3.25. The van der Waals surface area contributed by atoms with E-state index < -0.39 is 0 Å². The van der Waals surface area contributed by atoms with Crippen molar-refractivity contribution in [2.24, 2.45) is 4.99 Å². The monoisotopic (exact) mass is 504 g/mol. The second-order valence-corrected chi connectivity index (χ2v) is 9.40. The summed E-state index contributed by atoms with van der Waals surface area (Å²) in [6.07, 6.45) is 1.74. The highest BCUT2D eigenvalue weighted by Crippen LogP contribution is 2.37. The lowest BCUT2D eigenvalue weighted by atomic mass is 10.1. The molecule has 0 unspecified atom stereocenters. The number of ether oxygens (including phenoxy) is 1. The molecule has 1 amide bonds. The summed E-state index contributed by atoms with van der Waals surface area (Å²) in [5.74, 6) is 0.191. The van der Waals surface area contributed by atoms with Crippen molar-refractivity contribution in [2.45, 2.75) is 6.61 Å². The standard InChI is InChI=1S/C27H18Cl2N2O2S/c28-22-13-17(15-24-26(32)31-27(34-24)30-20-10-2-1-3-11-20)14-23(29)25(22)33-16-19-9-6-8-18-7-4-5-12-21(18)19/h1-15H,16H2,(H,30,31,32)/b24-15-. The predicted molar refractivity (Wildman–Crippen MR) is 142 cm³/mol. The van der Waals surface area contributed by atoms with Crippen molar-refractivity contribution in [3.63, 3.8) is 0 Å². The molecule has 0 saturated carbocycles. The number of thioether (sulfide) groups is 1. The highest BCUT2D eigenvalue weighted by atomic mass is 35.5. The molecule has 7 heteroatoms. The smallest absolute Gasteiger partial charge is 0.264 e. The average molecular weight is 505 g/mol. The third kappa shape index (κ3) is 4.97. The molecule has 1 saturated heterocycles. The summed E-state index contributed by atoms with van der Waals surface area (Å²) in [6, 6.07) is 27.1. The van der Waals surface area contributed by atoms with Gasteiger partial charge in [0.1, 0.15) is 6.61 Å². The van der Waals surface area contributed by atoms with Gasteiger partial charge in [-0.1, -0.05) is 83.9 Å². The number of halogens is 2. The van der Waals surface area contributed by atoms with Crippen LogP contribution in [0, 0.1) is 0 Å². The Balaban J connectivity index is 1.34. The van der Waals surface area contributed by atoms with Gasteiger partial charge in [-0.05, 0) is 64.0 Å². The minimum atomic E-state index is -0.219. The van der Waals surface area contributed by atoms with Crippen LogP contribution in [0.15, 0.2) is 94.8 Å². The van der Waals surface area contributed by atoms with Crippen LogP contribution in [0.1, 0.15) is 11.1 Å². The Morgan fingerprint density at radius 2 is 1.62 bits per heavy atom. The maximum Gasteiger partial charge on any atom is 0.264 e. The number of nitrogens with one attached hydrogen (secondary N) is 1. The van der Waals surface area contributed by atoms with E-state index >= 15 is 0 Å². The van der Waals surface area contributed by atoms with Gasteiger partial charge in [-0.15, -0.1) is 0 Å². The molecule has 1 aliphatic heterocycles. The SMILES string of the molecule is O=C1NC(=Nc2ccccc2)S/C1=C\c1cc(Cl)c(OCc2cccc3ccccc23)c(Cl)c1. The van der Waals surface area contributed by atoms with Crippen molar-refractivity contribution in [3.8, 4) is 5.75 Å². The fraction of sp³-hybridized carbons (Fsp3) is 0.0370. The molecule has 5 rings (SSSR count). The summed E-state index contributed by atoms with van der Waals surface area (Å²) in [5, 5.41) is 6.32. The zero-order chi connectivity index (χ0) is 23.5. The summed E-state index contributed by atoms with van der Waals surface area (Å²) in [6.45, 7) is 0.332. The second-order valence-electron chi connectivity index (χ2n) is 7.56. The van der Waals surface area contributed by atoms with Crippen molar-refractivity contribution < 1.29 is 9.53 Å². The molecule has 0 aromatic heterocycles. The Morgan fingerprint density at radius 3 is 2.41 bits per heavy atom. The van der Waals surface area contributed by atoms with Gasteiger partial charge in [-0.25, -0.2) is 4.99 Å². The summed E-state index contributed by atoms with van der Waals surface area (Å²) in [7, 11) is 0. The van der Waals surface area contributed by atoms with E-state index in [9.17, 15) is 4.79 Å². The van der Waals surface area contributed by atoms with Gasteiger partial charge < -0.3 is 10.1 Å². The number of hydrogen-bond acceptors (Lipinski definition) is 4. The number of amidine groups is 1. The highest BCUT2D eigenvalue weighted by Gasteiger charge is 2.24. The average Bonchev–Trinajstić information content (AvgIpc) is 3.17. The number of nitrogens with zero attached hydrogens (tertiary/aromatic N) is 1. The minimum absolute atomic E-state index is 0.219. The van der Waals surface area contributed by atoms with E-state index in [4.69, 9.17) is 27.9 Å². The maximum absolute atomic E-state index is 12.4. The van der Waals surface area contributed by atoms with Gasteiger partial charge in [0.2, 0.25) is 0 Å². The lowest BCUT2D eigenvalue weighted by molar-refractivity contribution is -0.115. The van der Waals surface area contributed by atoms with Crippen LogP contribution in [-0.4, -0.2) is 11.1 Å². The van der Waals surface area contributed by atoms with E-state index in [0.717, 1.165) is 22.0 Å². The van der Waals surface area contributed by atoms with Crippen molar-refractivity contribution in [2.75, 3.05) is 0 Å². The van der Waals surface area contributed by atoms with Crippen LogP contribution in [0.3, 0.4) is 0 Å². The number of carbonyl (C=O) groups is 1. The fourth-order valence-corrected chi connectivity index (χ4v) is 5.08. The molecule has 0 aliphatic carbocycles. The zero-order valence-electron chi connectivity index (χ0n) is 17.8. The largest absolute Gasteiger partial charge is 0.486 e. The quantitative estimate of drug-likeness (QED) is 0.284. The molecule has 1 aliphatic rings. The predicted octanol–water partition coefficient (Wildman–Crippen LogP) is 7.62. The first-order valence-corrected chi connectivity index (χ1v) is 12.1. The van der Waals surface area contributed by atoms with Crippen LogP contribution in [0.4, 0.5) is 5.69 Å². The highest BCUT2D eigenvalue weighted by molar-refractivity contribution is 8.18. The number of aliphatic imine (C=N–C) groups is 1. The van der Waals surface area contributed by atoms with Crippen LogP contribution in [0.5, 0.6) is 5.75 Å². The Labute approximate surface area is 211 Å². The van der Waals surface area contributed by atoms with Crippen LogP contribution in [-0.2, 0) is 11.4 Å². The lowest BCUT2D eigenvalue weighted by Crippen LogP contribution is -2.19. The summed E-state index contributed by atoms with van der Waals surface area (Å²) >= 11 is 14.3. The first-order chi connectivity index (χ1) is 16.6. The molecule has 4 nitrogen and oxygen atoms in total. The number of fused-ring (bicyclic) bond motifs is 1. The van der Waals surface area contributed by atoms with Gasteiger partial charge in [0.15, 0.2) is 10.9 Å². The van der Waals surface area contributed by atoms with E-state index in [2.05, 4.69) is 28.5 Å². The number of benzene rings is 4. The third-order valence-corrected chi connectivity index (χ3v) is 6.68. The van der Waals surface area contributed by atoms with Crippen molar-refractivity contribution in [1.82, 2.24) is 5.32 Å². The van der Waals surface area contributed by atoms with Crippen LogP contribution < -0.4 is 10.1 Å². The number of carbonyl (C=O) groups excluding carboxylic acids is 1. The van der Waals surface area contributed by atoms with Gasteiger partial charge in [0.25, 0.3) is 5.91 Å². The van der Waals surface area contributed by atoms with E-state index in [0.29, 0.717) is 38.0 Å². The van der Waals surface area contributed by atoms with Crippen molar-refractivity contribution in [3.05, 3.63) is 111 Å². The molecule has 168 valence electrons. The zero-order valence-corrected chi connectivity index (χ0v) is 20.1. The fourth-order valence-electron chi connectivity index (χ4n) is 3.62. The number of para-hydroxylation sites is 1. The molecule has 34 heavy (non-hydrogen) atoms. The maximum atomic E-state index is 12.4. The van der Waals surface area contributed by atoms with E-state index in [1.165, 1.54) is 11.8 Å². The minimum Gasteiger partial charge on any atom is -0.486 e. The number of rotatable bonds is 5. The van der Waals surface area contributed by atoms with E-state index in [-0.39, 0.29) is 5.91 Å². The number of hydrogen-bond donors (Lipinski definition) is 1. The molecule has 0 bridgehead atoms. The third-order valence-electron chi connectivity index (χ3n) is 5.21. The molecule has 4 aromatic rings. The number of amides is 1. The molecule has 0 radical (unpaired) electrons. The molecule has 0 spiro atoms. The van der Waals surface area contributed by atoms with Crippen molar-refractivity contribution >= 4 is 68.6 Å². The second kappa shape index (κ2) is 9.94. The molecule has 4 aromatic carbocycles. The molecule has 1 N–H and O–H groups in total. The summed E-state index contributed by atoms with van der Waals surface area (Å²) in [4.78, 5) is 17.4. The van der Waals surface area contributed by atoms with Gasteiger partial charge in [-0.3, -0.25) is 4.79 Å². The molecular formula is C27H18Cl2N2O2S. The molecule has 0 atom stereocenters. The summed E-state index contributed by atoms with van der Waals surface area (Å²) in [5.41, 5.74) is 2.51. The summed E-state index contributed by atoms with van der Waals surface area (Å²) < 4.78 is 6.00. The van der Waals surface area contributed by atoms with Gasteiger partial charge in [0, 0.05) is 0 Å². The topological polar surface area (TPSA) is 50.7 Å². The first-order valence-electron chi connectivity index (χ1n) is 10.5. The van der Waals surface area contributed by atoms with Crippen molar-refractivity contribution in [1.29, 1.82) is 0 Å². The van der Waals surface area contributed by atoms with E-state index in [1.807, 2.05) is 54.6 Å².